The van der Waals surface area contributed by atoms with Crippen LogP contribution in [-0.4, -0.2) is 17.3 Å². The van der Waals surface area contributed by atoms with E-state index in [0.29, 0.717) is 11.3 Å². The molecule has 0 aliphatic carbocycles. The average molecular weight is 280 g/mol. The van der Waals surface area contributed by atoms with Crippen molar-refractivity contribution in [3.63, 3.8) is 0 Å². The van der Waals surface area contributed by atoms with Gasteiger partial charge in [0.2, 0.25) is 0 Å². The second kappa shape index (κ2) is 5.02. The lowest BCUT2D eigenvalue weighted by Gasteiger charge is -2.13. The molecule has 0 spiro atoms. The third-order valence-electron chi connectivity index (χ3n) is 3.68. The summed E-state index contributed by atoms with van der Waals surface area (Å²) in [6.07, 6.45) is 0. The number of aryl methyl sites for hydroxylation is 1. The Labute approximate surface area is 123 Å². The van der Waals surface area contributed by atoms with Crippen molar-refractivity contribution in [2.24, 2.45) is 0 Å². The first-order chi connectivity index (χ1) is 10.1. The van der Waals surface area contributed by atoms with Gasteiger partial charge in [0.05, 0.1) is 7.11 Å². The average Bonchev–Trinajstić information content (AvgIpc) is 2.50. The van der Waals surface area contributed by atoms with Crippen LogP contribution in [0, 0.1) is 6.92 Å². The van der Waals surface area contributed by atoms with E-state index in [-0.39, 0.29) is 11.5 Å². The molecule has 0 bridgehead atoms. The first kappa shape index (κ1) is 13.3. The second-order valence-electron chi connectivity index (χ2n) is 5.02. The molecule has 0 saturated heterocycles. The Morgan fingerprint density at radius 2 is 1.71 bits per heavy atom. The molecule has 3 rings (SSSR count). The van der Waals surface area contributed by atoms with Gasteiger partial charge in [0.25, 0.3) is 0 Å². The van der Waals surface area contributed by atoms with E-state index < -0.39 is 0 Å². The number of hydrogen-bond acceptors (Lipinski definition) is 3. The van der Waals surface area contributed by atoms with Crippen LogP contribution in [0.2, 0.25) is 0 Å². The van der Waals surface area contributed by atoms with Gasteiger partial charge in [0.15, 0.2) is 11.5 Å². The first-order valence-corrected chi connectivity index (χ1v) is 6.70. The molecule has 2 N–H and O–H groups in total. The minimum absolute atomic E-state index is 0.126. The number of hydrogen-bond donors (Lipinski definition) is 2. The molecule has 0 aliphatic rings. The van der Waals surface area contributed by atoms with Crippen LogP contribution in [0.1, 0.15) is 5.56 Å². The number of methoxy groups -OCH3 is 1. The molecular formula is C18H16O3. The number of fused-ring (bicyclic) bond motifs is 1. The number of aromatic hydroxyl groups is 2. The summed E-state index contributed by atoms with van der Waals surface area (Å²) in [6.45, 7) is 1.81. The van der Waals surface area contributed by atoms with Crippen LogP contribution >= 0.6 is 0 Å². The highest BCUT2D eigenvalue weighted by atomic mass is 16.5. The lowest BCUT2D eigenvalue weighted by Crippen LogP contribution is -1.89. The molecule has 0 atom stereocenters. The van der Waals surface area contributed by atoms with E-state index >= 15 is 0 Å². The molecule has 21 heavy (non-hydrogen) atoms. The van der Waals surface area contributed by atoms with E-state index in [9.17, 15) is 10.2 Å². The van der Waals surface area contributed by atoms with Gasteiger partial charge in [-0.1, -0.05) is 30.3 Å². The summed E-state index contributed by atoms with van der Waals surface area (Å²) < 4.78 is 5.21. The third kappa shape index (κ3) is 2.17. The summed E-state index contributed by atoms with van der Waals surface area (Å²) in [5.41, 5.74) is 2.27. The molecule has 0 saturated carbocycles. The highest BCUT2D eigenvalue weighted by Crippen LogP contribution is 2.41. The molecule has 0 unspecified atom stereocenters. The van der Waals surface area contributed by atoms with E-state index in [4.69, 9.17) is 4.74 Å². The topological polar surface area (TPSA) is 49.7 Å². The Morgan fingerprint density at radius 3 is 2.48 bits per heavy atom. The van der Waals surface area contributed by atoms with E-state index in [1.54, 1.807) is 12.1 Å². The molecule has 0 heterocycles. The van der Waals surface area contributed by atoms with Crippen LogP contribution in [0.5, 0.6) is 17.2 Å². The monoisotopic (exact) mass is 280 g/mol. The minimum atomic E-state index is 0.126. The molecule has 3 aromatic carbocycles. The number of phenols is 2. The van der Waals surface area contributed by atoms with Crippen LogP contribution in [0.15, 0.2) is 48.5 Å². The van der Waals surface area contributed by atoms with Crippen molar-refractivity contribution < 1.29 is 14.9 Å². The van der Waals surface area contributed by atoms with Crippen molar-refractivity contribution in [2.75, 3.05) is 7.11 Å². The normalized spacial score (nSPS) is 10.8. The Hall–Kier alpha value is -2.68. The summed E-state index contributed by atoms with van der Waals surface area (Å²) in [4.78, 5) is 0. The summed E-state index contributed by atoms with van der Waals surface area (Å²) in [5.74, 6) is 0.735. The molecule has 3 heteroatoms. The number of rotatable bonds is 2. The molecule has 0 aliphatic heterocycles. The lowest BCUT2D eigenvalue weighted by atomic mass is 9.95. The second-order valence-corrected chi connectivity index (χ2v) is 5.02. The molecule has 0 fully saturated rings. The highest BCUT2D eigenvalue weighted by Gasteiger charge is 2.14. The maximum Gasteiger partial charge on any atom is 0.161 e. The standard InChI is InChI=1S/C18H16O3/c1-11-9-13(10-16(21-2)18(11)20)17-14-6-4-3-5-12(14)7-8-15(17)19/h3-10,19-20H,1-2H3. The van der Waals surface area contributed by atoms with E-state index in [2.05, 4.69) is 0 Å². The van der Waals surface area contributed by atoms with Crippen molar-refractivity contribution in [2.45, 2.75) is 6.92 Å². The van der Waals surface area contributed by atoms with E-state index in [0.717, 1.165) is 21.9 Å². The smallest absolute Gasteiger partial charge is 0.161 e. The fourth-order valence-electron chi connectivity index (χ4n) is 2.61. The Balaban J connectivity index is 2.35. The molecule has 0 amide bonds. The zero-order valence-electron chi connectivity index (χ0n) is 11.9. The van der Waals surface area contributed by atoms with Gasteiger partial charge in [-0.15, -0.1) is 0 Å². The molecular weight excluding hydrogens is 264 g/mol. The molecule has 0 aromatic heterocycles. The zero-order chi connectivity index (χ0) is 15.0. The zero-order valence-corrected chi connectivity index (χ0v) is 11.9. The van der Waals surface area contributed by atoms with Crippen molar-refractivity contribution in [1.29, 1.82) is 0 Å². The Kier molecular flexibility index (Phi) is 3.18. The van der Waals surface area contributed by atoms with Gasteiger partial charge in [-0.2, -0.15) is 0 Å². The Bertz CT molecular complexity index is 822. The first-order valence-electron chi connectivity index (χ1n) is 6.70. The fourth-order valence-corrected chi connectivity index (χ4v) is 2.61. The predicted octanol–water partition coefficient (Wildman–Crippen LogP) is 4.24. The lowest BCUT2D eigenvalue weighted by molar-refractivity contribution is 0.372. The van der Waals surface area contributed by atoms with Crippen molar-refractivity contribution >= 4 is 10.8 Å². The predicted molar refractivity (Wildman–Crippen MR) is 84.0 cm³/mol. The summed E-state index contributed by atoms with van der Waals surface area (Å²) in [7, 11) is 1.52. The van der Waals surface area contributed by atoms with Crippen LogP contribution in [0.3, 0.4) is 0 Å². The molecule has 106 valence electrons. The number of phenolic OH excluding ortho intramolecular Hbond substituents is 2. The minimum Gasteiger partial charge on any atom is -0.507 e. The van der Waals surface area contributed by atoms with E-state index in [1.807, 2.05) is 43.3 Å². The van der Waals surface area contributed by atoms with Gasteiger partial charge in [-0.05, 0) is 47.0 Å². The molecule has 3 nitrogen and oxygen atoms in total. The van der Waals surface area contributed by atoms with Crippen LogP contribution in [0.4, 0.5) is 0 Å². The van der Waals surface area contributed by atoms with Gasteiger partial charge in [-0.25, -0.2) is 0 Å². The Morgan fingerprint density at radius 1 is 0.952 bits per heavy atom. The number of benzene rings is 3. The SMILES string of the molecule is COc1cc(-c2c(O)ccc3ccccc23)cc(C)c1O. The summed E-state index contributed by atoms with van der Waals surface area (Å²) >= 11 is 0. The van der Waals surface area contributed by atoms with Gasteiger partial charge in [0, 0.05) is 5.56 Å². The number of ether oxygens (including phenoxy) is 1. The van der Waals surface area contributed by atoms with Gasteiger partial charge in [-0.3, -0.25) is 0 Å². The summed E-state index contributed by atoms with van der Waals surface area (Å²) in [5, 5.41) is 22.3. The van der Waals surface area contributed by atoms with Gasteiger partial charge < -0.3 is 14.9 Å². The van der Waals surface area contributed by atoms with Crippen molar-refractivity contribution in [1.82, 2.24) is 0 Å². The maximum absolute atomic E-state index is 10.3. The fraction of sp³-hybridized carbons (Fsp3) is 0.111. The highest BCUT2D eigenvalue weighted by molar-refractivity contribution is 6.00. The molecule has 3 aromatic rings. The van der Waals surface area contributed by atoms with Crippen LogP contribution in [0.25, 0.3) is 21.9 Å². The van der Waals surface area contributed by atoms with Crippen LogP contribution in [-0.2, 0) is 0 Å². The quantitative estimate of drug-likeness (QED) is 0.738. The largest absolute Gasteiger partial charge is 0.507 e. The van der Waals surface area contributed by atoms with Gasteiger partial charge >= 0.3 is 0 Å². The molecule has 0 radical (unpaired) electrons. The third-order valence-corrected chi connectivity index (χ3v) is 3.68. The van der Waals surface area contributed by atoms with Crippen molar-refractivity contribution in [3.05, 3.63) is 54.1 Å². The maximum atomic E-state index is 10.3. The van der Waals surface area contributed by atoms with Gasteiger partial charge in [0.1, 0.15) is 5.75 Å². The van der Waals surface area contributed by atoms with E-state index in [1.165, 1.54) is 7.11 Å². The summed E-state index contributed by atoms with van der Waals surface area (Å²) in [6, 6.07) is 15.0. The van der Waals surface area contributed by atoms with Crippen LogP contribution < -0.4 is 4.74 Å². The van der Waals surface area contributed by atoms with Crippen molar-refractivity contribution in [3.8, 4) is 28.4 Å².